The molecule has 0 saturated heterocycles. The third-order valence-electron chi connectivity index (χ3n) is 5.01. The molecule has 0 spiro atoms. The zero-order chi connectivity index (χ0) is 19.8. The van der Waals surface area contributed by atoms with Gasteiger partial charge in [-0.3, -0.25) is 4.52 Å². The Morgan fingerprint density at radius 3 is 1.67 bits per heavy atom. The molecule has 4 nitrogen and oxygen atoms in total. The fourth-order valence-corrected chi connectivity index (χ4v) is 4.02. The second kappa shape index (κ2) is 15.3. The molecule has 0 aliphatic carbocycles. The van der Waals surface area contributed by atoms with Crippen LogP contribution in [0.15, 0.2) is 30.3 Å². The van der Waals surface area contributed by atoms with Crippen molar-refractivity contribution in [2.75, 3.05) is 0 Å². The number of unbranched alkanes of at least 4 members (excludes halogenated alkanes) is 12. The first kappa shape index (κ1) is 24.4. The van der Waals surface area contributed by atoms with E-state index in [1.54, 1.807) is 0 Å². The predicted octanol–water partition coefficient (Wildman–Crippen LogP) is 7.32. The molecule has 2 N–H and O–H groups in total. The third-order valence-corrected chi connectivity index (χ3v) is 5.53. The number of phosphoric acid groups is 1. The second-order valence-corrected chi connectivity index (χ2v) is 8.72. The minimum Gasteiger partial charge on any atom is -0.303 e. The van der Waals surface area contributed by atoms with Crippen molar-refractivity contribution < 1.29 is 18.9 Å². The fourth-order valence-electron chi connectivity index (χ4n) is 3.46. The molecule has 5 heteroatoms. The molecule has 0 radical (unpaired) electrons. The van der Waals surface area contributed by atoms with Crippen LogP contribution in [0.2, 0.25) is 0 Å². The Labute approximate surface area is 166 Å². The Morgan fingerprint density at radius 1 is 0.778 bits per heavy atom. The van der Waals surface area contributed by atoms with Gasteiger partial charge in [0.2, 0.25) is 0 Å². The van der Waals surface area contributed by atoms with Crippen molar-refractivity contribution in [1.82, 2.24) is 0 Å². The van der Waals surface area contributed by atoms with Crippen LogP contribution in [0.1, 0.15) is 108 Å². The zero-order valence-corrected chi connectivity index (χ0v) is 17.9. The Hall–Kier alpha value is -0.670. The molecular weight excluding hydrogens is 359 g/mol. The molecule has 0 aromatic heterocycles. The summed E-state index contributed by atoms with van der Waals surface area (Å²) in [4.78, 5) is 18.3. The molecule has 0 bridgehead atoms. The molecule has 1 atom stereocenters. The van der Waals surface area contributed by atoms with Gasteiger partial charge in [-0.25, -0.2) is 4.57 Å². The first-order valence-corrected chi connectivity index (χ1v) is 12.3. The molecule has 1 unspecified atom stereocenters. The van der Waals surface area contributed by atoms with Crippen molar-refractivity contribution in [3.8, 4) is 0 Å². The molecule has 1 rings (SSSR count). The summed E-state index contributed by atoms with van der Waals surface area (Å²) in [5, 5.41) is 0. The lowest BCUT2D eigenvalue weighted by molar-refractivity contribution is 0.125. The van der Waals surface area contributed by atoms with E-state index in [4.69, 9.17) is 14.3 Å². The van der Waals surface area contributed by atoms with Gasteiger partial charge in [-0.05, 0) is 12.0 Å². The van der Waals surface area contributed by atoms with E-state index in [2.05, 4.69) is 6.92 Å². The average molecular weight is 399 g/mol. The van der Waals surface area contributed by atoms with Crippen LogP contribution >= 0.6 is 7.82 Å². The number of hydrogen-bond acceptors (Lipinski definition) is 2. The highest BCUT2D eigenvalue weighted by Gasteiger charge is 2.23. The van der Waals surface area contributed by atoms with Crippen molar-refractivity contribution in [2.24, 2.45) is 0 Å². The molecule has 0 saturated carbocycles. The van der Waals surface area contributed by atoms with Crippen molar-refractivity contribution in [2.45, 2.75) is 103 Å². The van der Waals surface area contributed by atoms with Crippen LogP contribution in [-0.4, -0.2) is 9.79 Å². The van der Waals surface area contributed by atoms with Crippen LogP contribution in [0.3, 0.4) is 0 Å². The predicted molar refractivity (Wildman–Crippen MR) is 113 cm³/mol. The van der Waals surface area contributed by atoms with E-state index in [9.17, 15) is 4.57 Å². The summed E-state index contributed by atoms with van der Waals surface area (Å²) < 4.78 is 16.2. The van der Waals surface area contributed by atoms with E-state index < -0.39 is 13.9 Å². The largest absolute Gasteiger partial charge is 0.470 e. The normalized spacial score (nSPS) is 13.0. The Kier molecular flexibility index (Phi) is 13.8. The van der Waals surface area contributed by atoms with Crippen molar-refractivity contribution >= 4 is 7.82 Å². The SMILES string of the molecule is CCCCCCCCCCCCCCCC(OP(=O)(O)O)c1ccccc1. The van der Waals surface area contributed by atoms with Crippen LogP contribution in [0.25, 0.3) is 0 Å². The van der Waals surface area contributed by atoms with Gasteiger partial charge in [-0.2, -0.15) is 0 Å². The van der Waals surface area contributed by atoms with Gasteiger partial charge in [-0.15, -0.1) is 0 Å². The monoisotopic (exact) mass is 398 g/mol. The number of benzene rings is 1. The maximum absolute atomic E-state index is 11.2. The summed E-state index contributed by atoms with van der Waals surface area (Å²) in [6.07, 6.45) is 16.8. The molecular formula is C22H39O4P. The minimum atomic E-state index is -4.47. The summed E-state index contributed by atoms with van der Waals surface area (Å²) in [5.41, 5.74) is 0.833. The van der Waals surface area contributed by atoms with Gasteiger partial charge in [0, 0.05) is 0 Å². The van der Waals surface area contributed by atoms with Crippen molar-refractivity contribution in [3.63, 3.8) is 0 Å². The van der Waals surface area contributed by atoms with Gasteiger partial charge in [0.15, 0.2) is 0 Å². The van der Waals surface area contributed by atoms with E-state index >= 15 is 0 Å². The number of hydrogen-bond donors (Lipinski definition) is 2. The van der Waals surface area contributed by atoms with Crippen LogP contribution in [0.4, 0.5) is 0 Å². The molecule has 0 aliphatic rings. The average Bonchev–Trinajstić information content (AvgIpc) is 2.64. The van der Waals surface area contributed by atoms with Gasteiger partial charge in [0.1, 0.15) is 0 Å². The second-order valence-electron chi connectivity index (χ2n) is 7.53. The highest BCUT2D eigenvalue weighted by atomic mass is 31.2. The highest BCUT2D eigenvalue weighted by Crippen LogP contribution is 2.44. The third kappa shape index (κ3) is 14.0. The molecule has 0 aliphatic heterocycles. The standard InChI is InChI=1S/C22H39O4P/c1-2-3-4-5-6-7-8-9-10-11-12-13-17-20-22(26-27(23,24)25)21-18-15-14-16-19-21/h14-16,18-19,22H,2-13,17,20H2,1H3,(H2,23,24,25). The Balaban J connectivity index is 2.07. The fraction of sp³-hybridized carbons (Fsp3) is 0.727. The molecule has 0 heterocycles. The van der Waals surface area contributed by atoms with Gasteiger partial charge in [0.05, 0.1) is 6.10 Å². The molecule has 27 heavy (non-hydrogen) atoms. The van der Waals surface area contributed by atoms with Crippen LogP contribution in [0.5, 0.6) is 0 Å². The maximum Gasteiger partial charge on any atom is 0.470 e. The van der Waals surface area contributed by atoms with Crippen molar-refractivity contribution in [1.29, 1.82) is 0 Å². The molecule has 1 aromatic carbocycles. The highest BCUT2D eigenvalue weighted by molar-refractivity contribution is 7.46. The molecule has 0 amide bonds. The topological polar surface area (TPSA) is 66.8 Å². The minimum absolute atomic E-state index is 0.528. The summed E-state index contributed by atoms with van der Waals surface area (Å²) in [6.45, 7) is 2.26. The van der Waals surface area contributed by atoms with E-state index in [-0.39, 0.29) is 0 Å². The lowest BCUT2D eigenvalue weighted by Gasteiger charge is -2.18. The summed E-state index contributed by atoms with van der Waals surface area (Å²) >= 11 is 0. The molecule has 1 aromatic rings. The lowest BCUT2D eigenvalue weighted by atomic mass is 10.0. The van der Waals surface area contributed by atoms with Crippen molar-refractivity contribution in [3.05, 3.63) is 35.9 Å². The van der Waals surface area contributed by atoms with Gasteiger partial charge in [-0.1, -0.05) is 121 Å². The Bertz CT molecular complexity index is 500. The Morgan fingerprint density at radius 2 is 1.22 bits per heavy atom. The van der Waals surface area contributed by atoms with Gasteiger partial charge >= 0.3 is 7.82 Å². The number of phosphoric ester groups is 1. The summed E-state index contributed by atoms with van der Waals surface area (Å²) in [6, 6.07) is 9.36. The summed E-state index contributed by atoms with van der Waals surface area (Å²) in [7, 11) is -4.47. The van der Waals surface area contributed by atoms with E-state index in [1.807, 2.05) is 30.3 Å². The number of rotatable bonds is 17. The van der Waals surface area contributed by atoms with E-state index in [0.717, 1.165) is 18.4 Å². The molecule has 156 valence electrons. The van der Waals surface area contributed by atoms with Crippen LogP contribution in [-0.2, 0) is 9.09 Å². The van der Waals surface area contributed by atoms with Gasteiger partial charge < -0.3 is 9.79 Å². The van der Waals surface area contributed by atoms with E-state index in [0.29, 0.717) is 6.42 Å². The molecule has 0 fully saturated rings. The van der Waals surface area contributed by atoms with Crippen LogP contribution < -0.4 is 0 Å². The summed E-state index contributed by atoms with van der Waals surface area (Å²) in [5.74, 6) is 0. The lowest BCUT2D eigenvalue weighted by Crippen LogP contribution is -2.03. The van der Waals surface area contributed by atoms with Crippen LogP contribution in [0, 0.1) is 0 Å². The smallest absolute Gasteiger partial charge is 0.303 e. The maximum atomic E-state index is 11.2. The first-order valence-electron chi connectivity index (χ1n) is 10.8. The first-order chi connectivity index (χ1) is 13.0. The van der Waals surface area contributed by atoms with E-state index in [1.165, 1.54) is 70.6 Å². The quantitative estimate of drug-likeness (QED) is 0.213. The zero-order valence-electron chi connectivity index (χ0n) is 17.0. The van der Waals surface area contributed by atoms with Gasteiger partial charge in [0.25, 0.3) is 0 Å².